The normalized spacial score (nSPS) is 13.2. The molecule has 0 radical (unpaired) electrons. The van der Waals surface area contributed by atoms with E-state index in [4.69, 9.17) is 4.52 Å². The monoisotopic (exact) mass is 152 g/mol. The van der Waals surface area contributed by atoms with Crippen LogP contribution in [0.15, 0.2) is 0 Å². The summed E-state index contributed by atoms with van der Waals surface area (Å²) in [6.07, 6.45) is 0. The fraction of sp³-hybridized carbons (Fsp3) is 1.00. The van der Waals surface area contributed by atoms with Gasteiger partial charge in [-0.3, -0.25) is 9.09 Å². The van der Waals surface area contributed by atoms with Gasteiger partial charge >= 0.3 is 0 Å². The van der Waals surface area contributed by atoms with Crippen molar-refractivity contribution in [1.82, 2.24) is 0 Å². The second kappa shape index (κ2) is 4.04. The molecule has 0 aliphatic heterocycles. The summed E-state index contributed by atoms with van der Waals surface area (Å²) < 4.78 is 15.5. The molecule has 1 unspecified atom stereocenters. The van der Waals surface area contributed by atoms with Crippen molar-refractivity contribution in [3.63, 3.8) is 0 Å². The first-order valence-electron chi connectivity index (χ1n) is 2.99. The van der Waals surface area contributed by atoms with Gasteiger partial charge in [0.1, 0.15) is 0 Å². The SMILES string of the molecule is CC[N+](C)(C)CO[PH2]=O. The summed E-state index contributed by atoms with van der Waals surface area (Å²) in [6, 6.07) is 0. The van der Waals surface area contributed by atoms with Crippen molar-refractivity contribution < 1.29 is 13.6 Å². The molecule has 1 atom stereocenters. The molecule has 0 heterocycles. The molecule has 0 aliphatic carbocycles. The molecule has 3 nitrogen and oxygen atoms in total. The van der Waals surface area contributed by atoms with E-state index in [-0.39, 0.29) is 0 Å². The Bertz CT molecular complexity index is 95.0. The van der Waals surface area contributed by atoms with Crippen molar-refractivity contribution in [2.75, 3.05) is 27.4 Å². The molecule has 0 spiro atoms. The molecule has 0 aromatic rings. The number of hydrogen-bond donors (Lipinski definition) is 0. The highest BCUT2D eigenvalue weighted by Gasteiger charge is 2.09. The lowest BCUT2D eigenvalue weighted by molar-refractivity contribution is -0.904. The predicted molar refractivity (Wildman–Crippen MR) is 39.0 cm³/mol. The molecule has 0 rings (SSSR count). The Balaban J connectivity index is 3.44. The minimum atomic E-state index is -1.04. The van der Waals surface area contributed by atoms with E-state index in [1.165, 1.54) is 0 Å². The summed E-state index contributed by atoms with van der Waals surface area (Å²) in [4.78, 5) is 0. The summed E-state index contributed by atoms with van der Waals surface area (Å²) >= 11 is 0. The van der Waals surface area contributed by atoms with Gasteiger partial charge in [-0.2, -0.15) is 0 Å². The van der Waals surface area contributed by atoms with Crippen molar-refractivity contribution in [1.29, 1.82) is 0 Å². The van der Waals surface area contributed by atoms with E-state index in [1.54, 1.807) is 0 Å². The van der Waals surface area contributed by atoms with Crippen molar-refractivity contribution in [3.05, 3.63) is 0 Å². The maximum Gasteiger partial charge on any atom is 0.189 e. The summed E-state index contributed by atoms with van der Waals surface area (Å²) in [5.74, 6) is 0. The van der Waals surface area contributed by atoms with Gasteiger partial charge in [-0.05, 0) is 6.92 Å². The Hall–Kier alpha value is 0.150. The summed E-state index contributed by atoms with van der Waals surface area (Å²) in [5.41, 5.74) is 0. The highest BCUT2D eigenvalue weighted by Crippen LogP contribution is 2.01. The molecule has 0 amide bonds. The standard InChI is InChI=1S/C5H15NO2P/c1-4-6(2,3)5-8-9-7/h4-5,9H2,1-3H3/q+1. The highest BCUT2D eigenvalue weighted by molar-refractivity contribution is 7.17. The Morgan fingerprint density at radius 3 is 2.44 bits per heavy atom. The molecule has 0 bridgehead atoms. The number of hydrogen-bond acceptors (Lipinski definition) is 2. The third-order valence-corrected chi connectivity index (χ3v) is 1.63. The van der Waals surface area contributed by atoms with Gasteiger partial charge in [0.25, 0.3) is 0 Å². The number of rotatable bonds is 4. The average Bonchev–Trinajstić information content (AvgIpc) is 1.84. The van der Waals surface area contributed by atoms with Gasteiger partial charge in [0.15, 0.2) is 15.4 Å². The highest BCUT2D eigenvalue weighted by atomic mass is 31.1. The van der Waals surface area contributed by atoms with E-state index in [0.29, 0.717) is 6.73 Å². The van der Waals surface area contributed by atoms with Crippen molar-refractivity contribution in [2.45, 2.75) is 6.92 Å². The van der Waals surface area contributed by atoms with E-state index in [1.807, 2.05) is 14.1 Å². The number of nitrogens with zero attached hydrogens (tertiary/aromatic N) is 1. The van der Waals surface area contributed by atoms with Crippen LogP contribution in [0.1, 0.15) is 6.92 Å². The fourth-order valence-electron chi connectivity index (χ4n) is 0.323. The fourth-order valence-corrected chi connectivity index (χ4v) is 0.788. The minimum absolute atomic E-state index is 0.551. The van der Waals surface area contributed by atoms with Crippen LogP contribution in [0.5, 0.6) is 0 Å². The van der Waals surface area contributed by atoms with Crippen LogP contribution in [-0.2, 0) is 9.09 Å². The van der Waals surface area contributed by atoms with E-state index in [2.05, 4.69) is 6.92 Å². The largest absolute Gasteiger partial charge is 0.306 e. The van der Waals surface area contributed by atoms with Gasteiger partial charge in [0.05, 0.1) is 20.6 Å². The van der Waals surface area contributed by atoms with E-state index in [9.17, 15) is 4.57 Å². The lowest BCUT2D eigenvalue weighted by Gasteiger charge is -2.25. The zero-order valence-electron chi connectivity index (χ0n) is 6.26. The molecule has 4 heteroatoms. The molecule has 0 aromatic carbocycles. The minimum Gasteiger partial charge on any atom is -0.306 e. The molecule has 9 heavy (non-hydrogen) atoms. The van der Waals surface area contributed by atoms with Gasteiger partial charge in [0.2, 0.25) is 0 Å². The van der Waals surface area contributed by atoms with Gasteiger partial charge in [-0.15, -0.1) is 0 Å². The maximum absolute atomic E-state index is 9.94. The van der Waals surface area contributed by atoms with Crippen molar-refractivity contribution in [3.8, 4) is 0 Å². The summed E-state index contributed by atoms with van der Waals surface area (Å²) in [5, 5.41) is 0. The lowest BCUT2D eigenvalue weighted by Crippen LogP contribution is -2.40. The van der Waals surface area contributed by atoms with Crippen LogP contribution < -0.4 is 0 Å². The molecule has 0 aromatic heterocycles. The first-order valence-corrected chi connectivity index (χ1v) is 3.94. The number of quaternary nitrogens is 1. The quantitative estimate of drug-likeness (QED) is 0.337. The second-order valence-electron chi connectivity index (χ2n) is 2.64. The van der Waals surface area contributed by atoms with Crippen LogP contribution in [0.4, 0.5) is 0 Å². The van der Waals surface area contributed by atoms with Gasteiger partial charge in [0, 0.05) is 0 Å². The van der Waals surface area contributed by atoms with Crippen LogP contribution in [0, 0.1) is 0 Å². The molecule has 56 valence electrons. The smallest absolute Gasteiger partial charge is 0.189 e. The van der Waals surface area contributed by atoms with Crippen LogP contribution in [-0.4, -0.2) is 31.9 Å². The summed E-state index contributed by atoms with van der Waals surface area (Å²) in [6.45, 7) is 3.62. The zero-order chi connectivity index (χ0) is 7.33. The Morgan fingerprint density at radius 1 is 1.56 bits per heavy atom. The molecular weight excluding hydrogens is 137 g/mol. The molecule has 0 saturated carbocycles. The van der Waals surface area contributed by atoms with E-state index >= 15 is 0 Å². The molecular formula is C5H15NO2P+. The van der Waals surface area contributed by atoms with E-state index < -0.39 is 8.69 Å². The lowest BCUT2D eigenvalue weighted by atomic mass is 10.6. The van der Waals surface area contributed by atoms with Crippen molar-refractivity contribution >= 4 is 8.69 Å². The Labute approximate surface area is 57.5 Å². The average molecular weight is 152 g/mol. The van der Waals surface area contributed by atoms with Gasteiger partial charge in [-0.1, -0.05) is 0 Å². The molecule has 0 aliphatic rings. The zero-order valence-corrected chi connectivity index (χ0v) is 7.41. The first kappa shape index (κ1) is 9.15. The Kier molecular flexibility index (Phi) is 4.11. The molecule has 0 saturated heterocycles. The third-order valence-electron chi connectivity index (χ3n) is 1.35. The van der Waals surface area contributed by atoms with Crippen molar-refractivity contribution in [2.24, 2.45) is 0 Å². The molecule has 0 N–H and O–H groups in total. The Morgan fingerprint density at radius 2 is 2.11 bits per heavy atom. The van der Waals surface area contributed by atoms with Crippen LogP contribution in [0.3, 0.4) is 0 Å². The van der Waals surface area contributed by atoms with Crippen LogP contribution in [0.25, 0.3) is 0 Å². The predicted octanol–water partition coefficient (Wildman–Crippen LogP) is 0.728. The topological polar surface area (TPSA) is 26.3 Å². The van der Waals surface area contributed by atoms with Crippen LogP contribution in [0.2, 0.25) is 0 Å². The molecule has 0 fully saturated rings. The second-order valence-corrected chi connectivity index (χ2v) is 3.17. The van der Waals surface area contributed by atoms with Gasteiger partial charge < -0.3 is 4.48 Å². The third kappa shape index (κ3) is 4.64. The summed E-state index contributed by atoms with van der Waals surface area (Å²) in [7, 11) is 3.04. The maximum atomic E-state index is 9.94. The van der Waals surface area contributed by atoms with Crippen LogP contribution >= 0.6 is 8.69 Å². The van der Waals surface area contributed by atoms with E-state index in [0.717, 1.165) is 11.0 Å². The first-order chi connectivity index (χ1) is 4.12. The van der Waals surface area contributed by atoms with Gasteiger partial charge in [-0.25, -0.2) is 0 Å².